The van der Waals surface area contributed by atoms with Crippen molar-refractivity contribution >= 4 is 17.2 Å². The van der Waals surface area contributed by atoms with Crippen LogP contribution in [0.3, 0.4) is 0 Å². The summed E-state index contributed by atoms with van der Waals surface area (Å²) in [5, 5.41) is 3.48. The van der Waals surface area contributed by atoms with Crippen LogP contribution in [0.25, 0.3) is 0 Å². The molecule has 3 aromatic carbocycles. The number of amidine groups is 1. The Bertz CT molecular complexity index is 768. The number of anilines is 1. The number of nitrogens with one attached hydrogen (secondary N) is 2. The highest BCUT2D eigenvalue weighted by molar-refractivity contribution is 6.04. The molecule has 0 fully saturated rings. The minimum absolute atomic E-state index is 0. The Kier molecular flexibility index (Phi) is 5.95. The van der Waals surface area contributed by atoms with E-state index in [1.165, 1.54) is 5.56 Å². The first-order valence-corrected chi connectivity index (χ1v) is 7.40. The number of hydrogen-bond donors (Lipinski definition) is 2. The van der Waals surface area contributed by atoms with Gasteiger partial charge in [0.05, 0.1) is 5.56 Å². The maximum Gasteiger partial charge on any atom is 0.285 e. The monoisotopic (exact) mass is 322 g/mol. The van der Waals surface area contributed by atoms with Gasteiger partial charge < -0.3 is 12.4 Å². The molecule has 0 radical (unpaired) electrons. The molecule has 0 aliphatic carbocycles. The Morgan fingerprint density at radius 1 is 0.739 bits per heavy atom. The van der Waals surface area contributed by atoms with Crippen molar-refractivity contribution in [3.8, 4) is 0 Å². The molecule has 2 N–H and O–H groups in total. The molecule has 0 heterocycles. The lowest BCUT2D eigenvalue weighted by molar-refractivity contribution is -0.353. The molecule has 0 amide bonds. The number of para-hydroxylation sites is 2. The topological polar surface area (TPSA) is 26.0 Å². The fourth-order valence-corrected chi connectivity index (χ4v) is 2.29. The summed E-state index contributed by atoms with van der Waals surface area (Å²) in [6, 6.07) is 28.8. The van der Waals surface area contributed by atoms with Gasteiger partial charge in [-0.15, -0.1) is 0 Å². The Morgan fingerprint density at radius 2 is 1.30 bits per heavy atom. The van der Waals surface area contributed by atoms with E-state index in [0.29, 0.717) is 0 Å². The minimum atomic E-state index is 0. The average molecular weight is 323 g/mol. The van der Waals surface area contributed by atoms with E-state index >= 15 is 0 Å². The summed E-state index contributed by atoms with van der Waals surface area (Å²) in [7, 11) is 0. The molecule has 0 bridgehead atoms. The number of hydrogen-bond acceptors (Lipinski definition) is 0. The van der Waals surface area contributed by atoms with Crippen LogP contribution in [0.4, 0.5) is 11.4 Å². The molecule has 0 spiro atoms. The second-order valence-corrected chi connectivity index (χ2v) is 5.17. The first kappa shape index (κ1) is 16.8. The van der Waals surface area contributed by atoms with Crippen LogP contribution in [0.1, 0.15) is 11.1 Å². The maximum atomic E-state index is 3.52. The third-order valence-corrected chi connectivity index (χ3v) is 3.51. The molecule has 3 heteroatoms. The van der Waals surface area contributed by atoms with Crippen LogP contribution in [0.5, 0.6) is 0 Å². The van der Waals surface area contributed by atoms with Crippen LogP contribution in [0.2, 0.25) is 0 Å². The van der Waals surface area contributed by atoms with Gasteiger partial charge in [-0.1, -0.05) is 54.6 Å². The van der Waals surface area contributed by atoms with Crippen LogP contribution in [0.15, 0.2) is 84.9 Å². The standard InChI is InChI=1S/C20H18N2.ClH/c1-16-10-8-9-15-19(16)22-20(17-11-4-2-5-12-17)21-18-13-6-3-7-14-18;/h2-15H,1H3,(H,21,22);1H. The fraction of sp³-hybridized carbons (Fsp3) is 0.0500. The van der Waals surface area contributed by atoms with E-state index in [4.69, 9.17) is 0 Å². The molecule has 2 nitrogen and oxygen atoms in total. The molecule has 0 saturated carbocycles. The average Bonchev–Trinajstić information content (AvgIpc) is 2.58. The summed E-state index contributed by atoms with van der Waals surface area (Å²) >= 11 is 0. The van der Waals surface area contributed by atoms with Gasteiger partial charge in [0.2, 0.25) is 0 Å². The van der Waals surface area contributed by atoms with Crippen molar-refractivity contribution < 1.29 is 17.4 Å². The van der Waals surface area contributed by atoms with Crippen LogP contribution < -0.4 is 22.7 Å². The zero-order chi connectivity index (χ0) is 15.2. The highest BCUT2D eigenvalue weighted by Crippen LogP contribution is 2.09. The molecule has 116 valence electrons. The lowest BCUT2D eigenvalue weighted by Gasteiger charge is -2.05. The molecule has 0 aromatic heterocycles. The lowest BCUT2D eigenvalue weighted by Crippen LogP contribution is -3.00. The number of halogens is 1. The smallest absolute Gasteiger partial charge is 0.285 e. The van der Waals surface area contributed by atoms with Gasteiger partial charge in [0.15, 0.2) is 0 Å². The summed E-state index contributed by atoms with van der Waals surface area (Å²) in [6.07, 6.45) is 0. The Hall–Kier alpha value is -2.58. The molecule has 0 saturated heterocycles. The SMILES string of the molecule is Cc1ccccc1[NH+]=C(Nc1ccccc1)c1ccccc1.[Cl-]. The van der Waals surface area contributed by atoms with Crippen molar-refractivity contribution in [1.82, 2.24) is 0 Å². The largest absolute Gasteiger partial charge is 1.00 e. The zero-order valence-corrected chi connectivity index (χ0v) is 13.7. The molecule has 23 heavy (non-hydrogen) atoms. The summed E-state index contributed by atoms with van der Waals surface area (Å²) in [4.78, 5) is 3.52. The first-order chi connectivity index (χ1) is 10.8. The van der Waals surface area contributed by atoms with Gasteiger partial charge in [0.1, 0.15) is 11.4 Å². The third-order valence-electron chi connectivity index (χ3n) is 3.51. The normalized spacial score (nSPS) is 10.7. The summed E-state index contributed by atoms with van der Waals surface area (Å²) in [5.74, 6) is 0.973. The van der Waals surface area contributed by atoms with Crippen molar-refractivity contribution in [3.05, 3.63) is 96.1 Å². The molecular formula is C20H19ClN2. The highest BCUT2D eigenvalue weighted by Gasteiger charge is 2.12. The van der Waals surface area contributed by atoms with Crippen LogP contribution in [0, 0.1) is 6.92 Å². The Morgan fingerprint density at radius 3 is 1.96 bits per heavy atom. The molecule has 3 aromatic rings. The van der Waals surface area contributed by atoms with Gasteiger partial charge in [-0.2, -0.15) is 0 Å². The molecule has 0 aliphatic rings. The van der Waals surface area contributed by atoms with E-state index in [0.717, 1.165) is 22.8 Å². The fourth-order valence-electron chi connectivity index (χ4n) is 2.29. The summed E-state index contributed by atoms with van der Waals surface area (Å²) in [5.41, 5.74) is 4.49. The van der Waals surface area contributed by atoms with Crippen molar-refractivity contribution in [1.29, 1.82) is 0 Å². The van der Waals surface area contributed by atoms with Crippen molar-refractivity contribution in [2.24, 2.45) is 0 Å². The number of rotatable bonds is 3. The van der Waals surface area contributed by atoms with E-state index in [-0.39, 0.29) is 12.4 Å². The van der Waals surface area contributed by atoms with E-state index in [2.05, 4.69) is 53.6 Å². The van der Waals surface area contributed by atoms with Gasteiger partial charge >= 0.3 is 0 Å². The van der Waals surface area contributed by atoms with Crippen molar-refractivity contribution in [3.63, 3.8) is 0 Å². The lowest BCUT2D eigenvalue weighted by atomic mass is 10.1. The molecule has 0 aliphatic heterocycles. The van der Waals surface area contributed by atoms with E-state index in [1.807, 2.05) is 48.5 Å². The summed E-state index contributed by atoms with van der Waals surface area (Å²) in [6.45, 7) is 2.10. The van der Waals surface area contributed by atoms with Gasteiger partial charge in [-0.25, -0.2) is 10.3 Å². The van der Waals surface area contributed by atoms with E-state index in [9.17, 15) is 0 Å². The predicted octanol–water partition coefficient (Wildman–Crippen LogP) is 0.270. The number of aryl methyl sites for hydroxylation is 1. The zero-order valence-electron chi connectivity index (χ0n) is 13.0. The van der Waals surface area contributed by atoms with Gasteiger partial charge in [-0.3, -0.25) is 0 Å². The molecule has 3 rings (SSSR count). The van der Waals surface area contributed by atoms with Crippen LogP contribution >= 0.6 is 0 Å². The minimum Gasteiger partial charge on any atom is -1.00 e. The van der Waals surface area contributed by atoms with Gasteiger partial charge in [-0.05, 0) is 42.8 Å². The van der Waals surface area contributed by atoms with E-state index < -0.39 is 0 Å². The first-order valence-electron chi connectivity index (χ1n) is 7.40. The second kappa shape index (κ2) is 8.16. The quantitative estimate of drug-likeness (QED) is 0.525. The predicted molar refractivity (Wildman–Crippen MR) is 92.4 cm³/mol. The second-order valence-electron chi connectivity index (χ2n) is 5.17. The van der Waals surface area contributed by atoms with E-state index in [1.54, 1.807) is 0 Å². The van der Waals surface area contributed by atoms with Crippen LogP contribution in [-0.4, -0.2) is 5.84 Å². The van der Waals surface area contributed by atoms with Crippen molar-refractivity contribution in [2.45, 2.75) is 6.92 Å². The molecule has 0 atom stereocenters. The Labute approximate surface area is 143 Å². The maximum absolute atomic E-state index is 3.52. The highest BCUT2D eigenvalue weighted by atomic mass is 35.5. The Balaban J connectivity index is 0.00000192. The number of benzene rings is 3. The van der Waals surface area contributed by atoms with Crippen molar-refractivity contribution in [2.75, 3.05) is 5.32 Å². The molecular weight excluding hydrogens is 304 g/mol. The van der Waals surface area contributed by atoms with Gasteiger partial charge in [0, 0.05) is 0 Å². The summed E-state index contributed by atoms with van der Waals surface area (Å²) < 4.78 is 0. The van der Waals surface area contributed by atoms with Crippen LogP contribution in [-0.2, 0) is 0 Å². The van der Waals surface area contributed by atoms with Gasteiger partial charge in [0.25, 0.3) is 5.84 Å². The third kappa shape index (κ3) is 4.44. The molecule has 0 unspecified atom stereocenters.